The topological polar surface area (TPSA) is 69.0 Å². The number of ether oxygens (including phenoxy) is 2. The van der Waals surface area contributed by atoms with Gasteiger partial charge in [0.25, 0.3) is 6.47 Å². The highest BCUT2D eigenvalue weighted by Gasteiger charge is 2.80. The molecule has 1 spiro atoms. The van der Waals surface area contributed by atoms with Crippen LogP contribution in [0, 0.1) is 28.6 Å². The predicted molar refractivity (Wildman–Crippen MR) is 110 cm³/mol. The minimum Gasteiger partial charge on any atom is -0.465 e. The molecule has 30 heavy (non-hydrogen) atoms. The quantitative estimate of drug-likeness (QED) is 0.542. The van der Waals surface area contributed by atoms with Crippen LogP contribution in [0.3, 0.4) is 0 Å². The number of carbonyl (C=O) groups excluding carboxylic acids is 1. The Bertz CT molecular complexity index is 904. The summed E-state index contributed by atoms with van der Waals surface area (Å²) in [6.45, 7) is 5.59. The maximum atomic E-state index is 11.5. The second kappa shape index (κ2) is 6.21. The van der Waals surface area contributed by atoms with Crippen molar-refractivity contribution in [1.82, 2.24) is 0 Å². The summed E-state index contributed by atoms with van der Waals surface area (Å²) in [6, 6.07) is 3.53. The summed E-state index contributed by atoms with van der Waals surface area (Å²) in [5.74, 6) is 2.37. The molecule has 0 radical (unpaired) electrons. The molecule has 0 amide bonds. The Labute approximate surface area is 177 Å². The molecule has 0 bridgehead atoms. The van der Waals surface area contributed by atoms with E-state index in [1.165, 1.54) is 25.7 Å². The fourth-order valence-corrected chi connectivity index (χ4v) is 8.92. The molecule has 4 aliphatic carbocycles. The van der Waals surface area contributed by atoms with E-state index in [2.05, 4.69) is 13.8 Å². The second-order valence-corrected chi connectivity index (χ2v) is 11.2. The Morgan fingerprint density at radius 2 is 1.93 bits per heavy atom. The Kier molecular flexibility index (Phi) is 3.95. The summed E-state index contributed by atoms with van der Waals surface area (Å²) < 4.78 is 17.2. The summed E-state index contributed by atoms with van der Waals surface area (Å²) in [7, 11) is 0. The van der Waals surface area contributed by atoms with Crippen molar-refractivity contribution >= 4 is 6.47 Å². The summed E-state index contributed by atoms with van der Waals surface area (Å²) in [5, 5.41) is 0. The van der Waals surface area contributed by atoms with Gasteiger partial charge in [-0.1, -0.05) is 13.8 Å². The van der Waals surface area contributed by atoms with E-state index >= 15 is 0 Å². The highest BCUT2D eigenvalue weighted by molar-refractivity contribution is 5.38. The van der Waals surface area contributed by atoms with E-state index in [1.807, 2.05) is 6.07 Å². The van der Waals surface area contributed by atoms with Crippen molar-refractivity contribution in [3.63, 3.8) is 0 Å². The predicted octanol–water partition coefficient (Wildman–Crippen LogP) is 4.44. The van der Waals surface area contributed by atoms with Gasteiger partial charge in [-0.3, -0.25) is 4.79 Å². The molecular weight excluding hydrogens is 380 g/mol. The van der Waals surface area contributed by atoms with Crippen LogP contribution in [-0.4, -0.2) is 24.3 Å². The SMILES string of the molecule is C[C@]12CC[C@H](OC=O)C[C@H]1CC[C@@H]1[C@@H]2CC[C@]2(C)[C@@H](c3ccc(=O)oc3)C[C@H]3O[C@]132. The lowest BCUT2D eigenvalue weighted by Gasteiger charge is -2.61. The van der Waals surface area contributed by atoms with E-state index in [1.54, 1.807) is 12.3 Å². The Morgan fingerprint density at radius 3 is 2.70 bits per heavy atom. The van der Waals surface area contributed by atoms with Crippen molar-refractivity contribution in [3.8, 4) is 0 Å². The molecule has 2 heterocycles. The van der Waals surface area contributed by atoms with Crippen molar-refractivity contribution in [1.29, 1.82) is 0 Å². The second-order valence-electron chi connectivity index (χ2n) is 11.2. The van der Waals surface area contributed by atoms with Gasteiger partial charge in [-0.05, 0) is 92.1 Å². The van der Waals surface area contributed by atoms with Gasteiger partial charge in [-0.25, -0.2) is 4.79 Å². The largest absolute Gasteiger partial charge is 0.465 e. The molecule has 0 unspecified atom stereocenters. The first-order valence-electron chi connectivity index (χ1n) is 11.8. The van der Waals surface area contributed by atoms with Gasteiger partial charge in [-0.15, -0.1) is 0 Å². The molecule has 5 nitrogen and oxygen atoms in total. The number of carbonyl (C=O) groups is 1. The highest BCUT2D eigenvalue weighted by atomic mass is 16.6. The molecule has 1 aromatic heterocycles. The number of fused-ring (bicyclic) bond motifs is 3. The van der Waals surface area contributed by atoms with E-state index < -0.39 is 0 Å². The minimum atomic E-state index is -0.276. The van der Waals surface area contributed by atoms with E-state index in [9.17, 15) is 9.59 Å². The molecular formula is C25H32O5. The molecule has 1 aliphatic heterocycles. The van der Waals surface area contributed by atoms with Crippen LogP contribution in [0.4, 0.5) is 0 Å². The standard InChI is InChI=1S/C25H32O5/c1-23-9-7-17(29-14-26)11-16(23)4-5-19-18(23)8-10-24(2)20(12-21-25(19,24)30-21)15-3-6-22(27)28-13-15/h3,6,13-14,16-21H,4-5,7-12H2,1-2H3/t16-,17+,18+,19-,20-,21-,23+,24-,25-/m1/s1. The van der Waals surface area contributed by atoms with Crippen molar-refractivity contribution in [2.75, 3.05) is 0 Å². The summed E-state index contributed by atoms with van der Waals surface area (Å²) >= 11 is 0. The average Bonchev–Trinajstić information content (AvgIpc) is 3.39. The van der Waals surface area contributed by atoms with Gasteiger partial charge in [0.2, 0.25) is 0 Å². The zero-order valence-electron chi connectivity index (χ0n) is 18.0. The average molecular weight is 413 g/mol. The monoisotopic (exact) mass is 412 g/mol. The normalized spacial score (nSPS) is 51.1. The molecule has 0 aromatic carbocycles. The minimum absolute atomic E-state index is 0.000838. The van der Waals surface area contributed by atoms with Gasteiger partial charge in [0.1, 0.15) is 11.7 Å². The van der Waals surface area contributed by atoms with Crippen molar-refractivity contribution in [2.45, 2.75) is 88.9 Å². The molecule has 1 saturated heterocycles. The van der Waals surface area contributed by atoms with Gasteiger partial charge in [0.05, 0.1) is 12.4 Å². The Hall–Kier alpha value is -1.62. The van der Waals surface area contributed by atoms with Crippen LogP contribution < -0.4 is 5.63 Å². The smallest absolute Gasteiger partial charge is 0.335 e. The third kappa shape index (κ3) is 2.28. The van der Waals surface area contributed by atoms with Crippen LogP contribution in [0.2, 0.25) is 0 Å². The molecule has 5 aliphatic rings. The first-order valence-corrected chi connectivity index (χ1v) is 11.8. The fourth-order valence-electron chi connectivity index (χ4n) is 8.92. The first kappa shape index (κ1) is 19.1. The van der Waals surface area contributed by atoms with Gasteiger partial charge < -0.3 is 13.9 Å². The van der Waals surface area contributed by atoms with E-state index in [4.69, 9.17) is 13.9 Å². The molecule has 9 atom stereocenters. The lowest BCUT2D eigenvalue weighted by Crippen LogP contribution is -2.58. The van der Waals surface area contributed by atoms with Crippen molar-refractivity contribution in [2.24, 2.45) is 28.6 Å². The maximum Gasteiger partial charge on any atom is 0.335 e. The number of hydrogen-bond donors (Lipinski definition) is 0. The molecule has 0 N–H and O–H groups in total. The molecule has 5 heteroatoms. The first-order chi connectivity index (χ1) is 14.4. The zero-order chi connectivity index (χ0) is 20.7. The third-order valence-electron chi connectivity index (χ3n) is 10.4. The van der Waals surface area contributed by atoms with Crippen molar-refractivity contribution in [3.05, 3.63) is 34.4 Å². The van der Waals surface area contributed by atoms with Gasteiger partial charge in [-0.2, -0.15) is 0 Å². The van der Waals surface area contributed by atoms with Crippen LogP contribution in [0.15, 0.2) is 27.6 Å². The van der Waals surface area contributed by atoms with E-state index in [-0.39, 0.29) is 22.7 Å². The van der Waals surface area contributed by atoms with Crippen molar-refractivity contribution < 1.29 is 18.7 Å². The molecule has 5 fully saturated rings. The molecule has 4 saturated carbocycles. The van der Waals surface area contributed by atoms with Crippen LogP contribution in [0.25, 0.3) is 0 Å². The Balaban J connectivity index is 1.30. The van der Waals surface area contributed by atoms with Gasteiger partial charge in [0.15, 0.2) is 0 Å². The number of hydrogen-bond acceptors (Lipinski definition) is 5. The van der Waals surface area contributed by atoms with Crippen LogP contribution >= 0.6 is 0 Å². The van der Waals surface area contributed by atoms with E-state index in [0.717, 1.165) is 31.2 Å². The molecule has 6 rings (SSSR count). The summed E-state index contributed by atoms with van der Waals surface area (Å²) in [6.07, 6.45) is 11.2. The number of rotatable bonds is 3. The highest BCUT2D eigenvalue weighted by Crippen LogP contribution is 2.77. The molecule has 162 valence electrons. The van der Waals surface area contributed by atoms with Crippen LogP contribution in [-0.2, 0) is 14.3 Å². The maximum absolute atomic E-state index is 11.5. The lowest BCUT2D eigenvalue weighted by atomic mass is 9.44. The fraction of sp³-hybridized carbons (Fsp3) is 0.760. The molecule has 1 aromatic rings. The van der Waals surface area contributed by atoms with Crippen LogP contribution in [0.1, 0.15) is 76.7 Å². The summed E-state index contributed by atoms with van der Waals surface area (Å²) in [5.41, 5.74) is 1.33. The summed E-state index contributed by atoms with van der Waals surface area (Å²) in [4.78, 5) is 22.3. The van der Waals surface area contributed by atoms with Crippen LogP contribution in [0.5, 0.6) is 0 Å². The Morgan fingerprint density at radius 1 is 1.07 bits per heavy atom. The lowest BCUT2D eigenvalue weighted by molar-refractivity contribution is -0.154. The van der Waals surface area contributed by atoms with Gasteiger partial charge in [0, 0.05) is 11.5 Å². The third-order valence-corrected chi connectivity index (χ3v) is 10.4. The van der Waals surface area contributed by atoms with E-state index in [0.29, 0.717) is 41.7 Å². The number of epoxide rings is 1. The van der Waals surface area contributed by atoms with Gasteiger partial charge >= 0.3 is 5.63 Å². The zero-order valence-corrected chi connectivity index (χ0v) is 18.0.